The Labute approximate surface area is 154 Å². The van der Waals surface area contributed by atoms with Gasteiger partial charge < -0.3 is 0 Å². The second kappa shape index (κ2) is 10.2. The molecule has 0 atom stereocenters. The Bertz CT molecular complexity index is 730. The van der Waals surface area contributed by atoms with Crippen LogP contribution in [-0.2, 0) is 12.8 Å². The van der Waals surface area contributed by atoms with E-state index in [0.717, 1.165) is 37.3 Å². The summed E-state index contributed by atoms with van der Waals surface area (Å²) in [5.41, 5.74) is 1.72. The molecule has 26 heavy (non-hydrogen) atoms. The smallest absolute Gasteiger partial charge is 0.166 e. The topological polar surface area (TPSA) is 0 Å². The number of aryl methyl sites for hydroxylation is 2. The highest BCUT2D eigenvalue weighted by Crippen LogP contribution is 2.30. The Kier molecular flexibility index (Phi) is 7.96. The van der Waals surface area contributed by atoms with Crippen molar-refractivity contribution in [2.75, 3.05) is 0 Å². The molecule has 2 rings (SSSR count). The van der Waals surface area contributed by atoms with Crippen LogP contribution in [0.2, 0.25) is 0 Å². The molecule has 2 aromatic carbocycles. The lowest BCUT2D eigenvalue weighted by molar-refractivity contribution is 0.586. The minimum absolute atomic E-state index is 0.0608. The first kappa shape index (κ1) is 20.3. The second-order valence-corrected chi connectivity index (χ2v) is 6.65. The van der Waals surface area contributed by atoms with Crippen LogP contribution in [0.5, 0.6) is 0 Å². The van der Waals surface area contributed by atoms with Crippen LogP contribution in [0.25, 0.3) is 11.7 Å². The van der Waals surface area contributed by atoms with Gasteiger partial charge in [-0.25, -0.2) is 13.2 Å². The summed E-state index contributed by atoms with van der Waals surface area (Å²) in [6.45, 7) is 4.15. The van der Waals surface area contributed by atoms with E-state index in [0.29, 0.717) is 12.0 Å². The van der Waals surface area contributed by atoms with E-state index < -0.39 is 17.5 Å². The van der Waals surface area contributed by atoms with Crippen LogP contribution in [0.15, 0.2) is 42.5 Å². The van der Waals surface area contributed by atoms with Gasteiger partial charge in [-0.2, -0.15) is 0 Å². The highest BCUT2D eigenvalue weighted by Gasteiger charge is 2.13. The SMILES string of the molecule is CCCCCCCc1ccc(/C(F)=C(\F)c2ccc(CC)cc2)cc1F. The monoisotopic (exact) mass is 360 g/mol. The van der Waals surface area contributed by atoms with E-state index >= 15 is 0 Å². The summed E-state index contributed by atoms with van der Waals surface area (Å²) < 4.78 is 43.1. The van der Waals surface area contributed by atoms with Crippen LogP contribution < -0.4 is 0 Å². The summed E-state index contributed by atoms with van der Waals surface area (Å²) in [4.78, 5) is 0. The van der Waals surface area contributed by atoms with Gasteiger partial charge in [0.15, 0.2) is 11.7 Å². The Morgan fingerprint density at radius 1 is 0.769 bits per heavy atom. The van der Waals surface area contributed by atoms with E-state index in [2.05, 4.69) is 6.92 Å². The first-order chi connectivity index (χ1) is 12.6. The average Bonchev–Trinajstić information content (AvgIpc) is 2.67. The molecule has 0 amide bonds. The van der Waals surface area contributed by atoms with Gasteiger partial charge in [0.1, 0.15) is 5.82 Å². The predicted molar refractivity (Wildman–Crippen MR) is 104 cm³/mol. The number of hydrogen-bond acceptors (Lipinski definition) is 0. The van der Waals surface area contributed by atoms with Crippen molar-refractivity contribution in [2.24, 2.45) is 0 Å². The van der Waals surface area contributed by atoms with Crippen molar-refractivity contribution in [3.05, 3.63) is 70.5 Å². The van der Waals surface area contributed by atoms with E-state index in [1.54, 1.807) is 30.3 Å². The highest BCUT2D eigenvalue weighted by molar-refractivity contribution is 5.83. The van der Waals surface area contributed by atoms with Gasteiger partial charge in [0.25, 0.3) is 0 Å². The predicted octanol–water partition coefficient (Wildman–Crippen LogP) is 7.67. The van der Waals surface area contributed by atoms with Gasteiger partial charge in [-0.1, -0.05) is 75.9 Å². The maximum Gasteiger partial charge on any atom is 0.166 e. The van der Waals surface area contributed by atoms with Crippen LogP contribution in [0.4, 0.5) is 13.2 Å². The first-order valence-corrected chi connectivity index (χ1v) is 9.50. The average molecular weight is 360 g/mol. The Balaban J connectivity index is 2.10. The lowest BCUT2D eigenvalue weighted by Gasteiger charge is -2.07. The molecule has 0 bridgehead atoms. The molecule has 0 saturated carbocycles. The van der Waals surface area contributed by atoms with Gasteiger partial charge in [0, 0.05) is 11.1 Å². The molecule has 0 fully saturated rings. The van der Waals surface area contributed by atoms with Crippen molar-refractivity contribution < 1.29 is 13.2 Å². The summed E-state index contributed by atoms with van der Waals surface area (Å²) in [5.74, 6) is -2.45. The molecule has 0 aliphatic heterocycles. The Morgan fingerprint density at radius 3 is 2.00 bits per heavy atom. The fourth-order valence-corrected chi connectivity index (χ4v) is 2.95. The van der Waals surface area contributed by atoms with E-state index in [-0.39, 0.29) is 11.1 Å². The first-order valence-electron chi connectivity index (χ1n) is 9.50. The summed E-state index contributed by atoms with van der Waals surface area (Å²) in [5, 5.41) is 0. The lowest BCUT2D eigenvalue weighted by atomic mass is 10.0. The molecule has 0 unspecified atom stereocenters. The number of unbranched alkanes of at least 4 members (excludes halogenated alkanes) is 4. The summed E-state index contributed by atoms with van der Waals surface area (Å²) >= 11 is 0. The molecule has 0 saturated heterocycles. The van der Waals surface area contributed by atoms with Crippen molar-refractivity contribution in [3.63, 3.8) is 0 Å². The normalized spacial score (nSPS) is 12.2. The molecule has 0 aliphatic carbocycles. The molecule has 0 heterocycles. The molecular formula is C23H27F3. The number of halogens is 3. The van der Waals surface area contributed by atoms with E-state index in [1.807, 2.05) is 6.92 Å². The van der Waals surface area contributed by atoms with Crippen molar-refractivity contribution in [1.29, 1.82) is 0 Å². The van der Waals surface area contributed by atoms with Gasteiger partial charge in [0.2, 0.25) is 0 Å². The minimum atomic E-state index is -1.03. The lowest BCUT2D eigenvalue weighted by Crippen LogP contribution is -1.94. The van der Waals surface area contributed by atoms with Crippen molar-refractivity contribution in [1.82, 2.24) is 0 Å². The zero-order chi connectivity index (χ0) is 18.9. The van der Waals surface area contributed by atoms with Gasteiger partial charge in [-0.15, -0.1) is 0 Å². The summed E-state index contributed by atoms with van der Waals surface area (Å²) in [6, 6.07) is 10.8. The molecule has 0 N–H and O–H groups in total. The standard InChI is InChI=1S/C23H27F3/c1-3-5-6-7-8-9-18-14-15-20(16-21(18)24)23(26)22(25)19-12-10-17(4-2)11-13-19/h10-16H,3-9H2,1-2H3/b23-22+. The molecule has 0 aromatic heterocycles. The maximum atomic E-state index is 14.4. The van der Waals surface area contributed by atoms with E-state index in [1.165, 1.54) is 18.9 Å². The van der Waals surface area contributed by atoms with E-state index in [4.69, 9.17) is 0 Å². The van der Waals surface area contributed by atoms with Crippen LogP contribution in [0.3, 0.4) is 0 Å². The molecule has 2 aromatic rings. The Morgan fingerprint density at radius 2 is 1.38 bits per heavy atom. The molecule has 0 spiro atoms. The number of hydrogen-bond donors (Lipinski definition) is 0. The van der Waals surface area contributed by atoms with Crippen LogP contribution >= 0.6 is 0 Å². The maximum absolute atomic E-state index is 14.4. The van der Waals surface area contributed by atoms with Gasteiger partial charge in [0.05, 0.1) is 0 Å². The van der Waals surface area contributed by atoms with Gasteiger partial charge >= 0.3 is 0 Å². The minimum Gasteiger partial charge on any atom is -0.207 e. The molecule has 140 valence electrons. The Hall–Kier alpha value is -2.03. The molecular weight excluding hydrogens is 333 g/mol. The quantitative estimate of drug-likeness (QED) is 0.318. The van der Waals surface area contributed by atoms with Crippen molar-refractivity contribution in [3.8, 4) is 0 Å². The largest absolute Gasteiger partial charge is 0.207 e. The van der Waals surface area contributed by atoms with Crippen LogP contribution in [0.1, 0.15) is 68.2 Å². The van der Waals surface area contributed by atoms with Gasteiger partial charge in [-0.3, -0.25) is 0 Å². The number of benzene rings is 2. The number of rotatable bonds is 9. The third kappa shape index (κ3) is 5.48. The fraction of sp³-hybridized carbons (Fsp3) is 0.391. The third-order valence-electron chi connectivity index (χ3n) is 4.66. The fourth-order valence-electron chi connectivity index (χ4n) is 2.95. The summed E-state index contributed by atoms with van der Waals surface area (Å²) in [7, 11) is 0. The van der Waals surface area contributed by atoms with E-state index in [9.17, 15) is 13.2 Å². The van der Waals surface area contributed by atoms with Gasteiger partial charge in [-0.05, 0) is 36.5 Å². The van der Waals surface area contributed by atoms with Crippen LogP contribution in [0, 0.1) is 5.82 Å². The molecule has 3 heteroatoms. The molecule has 0 nitrogen and oxygen atoms in total. The summed E-state index contributed by atoms with van der Waals surface area (Å²) in [6.07, 6.45) is 6.94. The molecule has 0 radical (unpaired) electrons. The second-order valence-electron chi connectivity index (χ2n) is 6.65. The highest BCUT2D eigenvalue weighted by atomic mass is 19.2. The third-order valence-corrected chi connectivity index (χ3v) is 4.66. The van der Waals surface area contributed by atoms with Crippen LogP contribution in [-0.4, -0.2) is 0 Å². The molecule has 0 aliphatic rings. The van der Waals surface area contributed by atoms with Crippen molar-refractivity contribution in [2.45, 2.75) is 58.8 Å². The zero-order valence-electron chi connectivity index (χ0n) is 15.6. The van der Waals surface area contributed by atoms with Crippen molar-refractivity contribution >= 4 is 11.7 Å². The zero-order valence-corrected chi connectivity index (χ0v) is 15.6.